The second-order valence-electron chi connectivity index (χ2n) is 6.87. The standard InChI is InChI=1S/C21H20N4O2S3/c1-2-24-20(15-5-3-10-27-15)22-23-21(24)30-13-18(26)25-9-7-16-14(8-12-29-16)19(25)17-6-4-11-28-17/h3-6,8,10-12,19H,2,7,9,13H2,1H3. The summed E-state index contributed by atoms with van der Waals surface area (Å²) in [5.74, 6) is 1.83. The Kier molecular flexibility index (Phi) is 5.49. The highest BCUT2D eigenvalue weighted by Crippen LogP contribution is 2.40. The maximum absolute atomic E-state index is 13.3. The second-order valence-corrected chi connectivity index (χ2v) is 9.79. The number of thioether (sulfide) groups is 1. The van der Waals surface area contributed by atoms with Crippen molar-refractivity contribution in [3.8, 4) is 11.6 Å². The molecule has 0 radical (unpaired) electrons. The fourth-order valence-corrected chi connectivity index (χ4v) is 6.46. The van der Waals surface area contributed by atoms with Crippen LogP contribution in [0.4, 0.5) is 0 Å². The minimum atomic E-state index is 0.0100. The topological polar surface area (TPSA) is 64.2 Å². The lowest BCUT2D eigenvalue weighted by Crippen LogP contribution is -2.40. The van der Waals surface area contributed by atoms with Gasteiger partial charge in [0.05, 0.1) is 18.1 Å². The van der Waals surface area contributed by atoms with Gasteiger partial charge < -0.3 is 9.32 Å². The summed E-state index contributed by atoms with van der Waals surface area (Å²) < 4.78 is 7.46. The maximum atomic E-state index is 13.3. The Morgan fingerprint density at radius 1 is 1.23 bits per heavy atom. The van der Waals surface area contributed by atoms with Gasteiger partial charge >= 0.3 is 0 Å². The average molecular weight is 457 g/mol. The third-order valence-electron chi connectivity index (χ3n) is 5.20. The smallest absolute Gasteiger partial charge is 0.233 e. The number of amides is 1. The van der Waals surface area contributed by atoms with Gasteiger partial charge in [-0.3, -0.25) is 9.36 Å². The molecule has 154 valence electrons. The lowest BCUT2D eigenvalue weighted by molar-refractivity contribution is -0.130. The van der Waals surface area contributed by atoms with Gasteiger partial charge in [-0.15, -0.1) is 32.9 Å². The van der Waals surface area contributed by atoms with Crippen LogP contribution < -0.4 is 0 Å². The molecule has 5 heterocycles. The van der Waals surface area contributed by atoms with Gasteiger partial charge in [-0.1, -0.05) is 17.8 Å². The van der Waals surface area contributed by atoms with Gasteiger partial charge in [0, 0.05) is 22.8 Å². The van der Waals surface area contributed by atoms with Crippen molar-refractivity contribution in [3.05, 3.63) is 62.7 Å². The van der Waals surface area contributed by atoms with Crippen LogP contribution in [0.3, 0.4) is 0 Å². The van der Waals surface area contributed by atoms with E-state index in [9.17, 15) is 4.79 Å². The predicted molar refractivity (Wildman–Crippen MR) is 120 cm³/mol. The first-order valence-electron chi connectivity index (χ1n) is 9.75. The summed E-state index contributed by atoms with van der Waals surface area (Å²) in [6.45, 7) is 3.49. The number of rotatable bonds is 6. The molecule has 0 aliphatic carbocycles. The molecule has 1 unspecified atom stereocenters. The highest BCUT2D eigenvalue weighted by Gasteiger charge is 2.33. The first kappa shape index (κ1) is 19.6. The van der Waals surface area contributed by atoms with Crippen LogP contribution >= 0.6 is 34.4 Å². The zero-order chi connectivity index (χ0) is 20.5. The minimum absolute atomic E-state index is 0.0100. The predicted octanol–water partition coefficient (Wildman–Crippen LogP) is 4.95. The van der Waals surface area contributed by atoms with Crippen LogP contribution in [-0.4, -0.2) is 37.9 Å². The summed E-state index contributed by atoms with van der Waals surface area (Å²) in [7, 11) is 0. The Morgan fingerprint density at radius 2 is 2.17 bits per heavy atom. The summed E-state index contributed by atoms with van der Waals surface area (Å²) in [4.78, 5) is 17.9. The van der Waals surface area contributed by atoms with E-state index in [1.807, 2.05) is 28.5 Å². The molecule has 5 rings (SSSR count). The SMILES string of the molecule is CCn1c(SCC(=O)N2CCc3sccc3C2c2cccs2)nnc1-c1ccco1. The third-order valence-corrected chi connectivity index (χ3v) is 8.07. The van der Waals surface area contributed by atoms with E-state index in [4.69, 9.17) is 4.42 Å². The van der Waals surface area contributed by atoms with E-state index in [2.05, 4.69) is 39.2 Å². The largest absolute Gasteiger partial charge is 0.461 e. The zero-order valence-electron chi connectivity index (χ0n) is 16.4. The fourth-order valence-electron chi connectivity index (χ4n) is 3.82. The number of furan rings is 1. The molecule has 0 aromatic carbocycles. The molecule has 1 aliphatic rings. The van der Waals surface area contributed by atoms with Gasteiger partial charge in [-0.05, 0) is 53.9 Å². The molecule has 0 saturated carbocycles. The van der Waals surface area contributed by atoms with Crippen LogP contribution in [0.5, 0.6) is 0 Å². The van der Waals surface area contributed by atoms with Crippen molar-refractivity contribution in [3.63, 3.8) is 0 Å². The molecular formula is C21H20N4O2S3. The van der Waals surface area contributed by atoms with Crippen molar-refractivity contribution in [2.24, 2.45) is 0 Å². The van der Waals surface area contributed by atoms with Crippen LogP contribution in [0.2, 0.25) is 0 Å². The van der Waals surface area contributed by atoms with E-state index >= 15 is 0 Å². The first-order valence-corrected chi connectivity index (χ1v) is 12.5. The Hall–Kier alpha value is -2.36. The Labute approximate surface area is 186 Å². The zero-order valence-corrected chi connectivity index (χ0v) is 18.8. The molecule has 1 aliphatic heterocycles. The van der Waals surface area contributed by atoms with Crippen LogP contribution in [0.15, 0.2) is 56.9 Å². The normalized spacial score (nSPS) is 16.0. The van der Waals surface area contributed by atoms with Crippen LogP contribution in [0.1, 0.15) is 28.3 Å². The number of hydrogen-bond acceptors (Lipinski definition) is 7. The number of nitrogens with zero attached hydrogens (tertiary/aromatic N) is 4. The summed E-state index contributed by atoms with van der Waals surface area (Å²) in [5.41, 5.74) is 1.27. The van der Waals surface area contributed by atoms with Crippen molar-refractivity contribution in [2.75, 3.05) is 12.3 Å². The van der Waals surface area contributed by atoms with Crippen LogP contribution in [0, 0.1) is 0 Å². The van der Waals surface area contributed by atoms with Gasteiger partial charge in [0.2, 0.25) is 5.91 Å². The number of carbonyl (C=O) groups is 1. The fraction of sp³-hybridized carbons (Fsp3) is 0.286. The lowest BCUT2D eigenvalue weighted by atomic mass is 9.98. The molecule has 30 heavy (non-hydrogen) atoms. The molecule has 0 bridgehead atoms. The Balaban J connectivity index is 1.36. The molecule has 1 amide bonds. The quantitative estimate of drug-likeness (QED) is 0.384. The van der Waals surface area contributed by atoms with E-state index in [1.54, 1.807) is 28.9 Å². The van der Waals surface area contributed by atoms with E-state index in [0.717, 1.165) is 18.1 Å². The summed E-state index contributed by atoms with van der Waals surface area (Å²) in [5, 5.41) is 13.5. The van der Waals surface area contributed by atoms with E-state index < -0.39 is 0 Å². The molecule has 9 heteroatoms. The summed E-state index contributed by atoms with van der Waals surface area (Å²) >= 11 is 4.93. The van der Waals surface area contributed by atoms with Gasteiger partial charge in [0.25, 0.3) is 0 Å². The van der Waals surface area contributed by atoms with Crippen molar-refractivity contribution in [1.82, 2.24) is 19.7 Å². The molecular weight excluding hydrogens is 436 g/mol. The molecule has 4 aromatic heterocycles. The molecule has 0 spiro atoms. The van der Waals surface area contributed by atoms with Gasteiger partial charge in [-0.2, -0.15) is 0 Å². The minimum Gasteiger partial charge on any atom is -0.461 e. The van der Waals surface area contributed by atoms with Crippen LogP contribution in [0.25, 0.3) is 11.6 Å². The molecule has 1 atom stereocenters. The lowest BCUT2D eigenvalue weighted by Gasteiger charge is -2.35. The Morgan fingerprint density at radius 3 is 2.93 bits per heavy atom. The highest BCUT2D eigenvalue weighted by atomic mass is 32.2. The summed E-state index contributed by atoms with van der Waals surface area (Å²) in [6, 6.07) is 10.1. The van der Waals surface area contributed by atoms with Crippen molar-refractivity contribution in [2.45, 2.75) is 31.1 Å². The first-order chi connectivity index (χ1) is 14.8. The Bertz CT molecular complexity index is 1130. The van der Waals surface area contributed by atoms with Gasteiger partial charge in [0.1, 0.15) is 0 Å². The van der Waals surface area contributed by atoms with E-state index in [0.29, 0.717) is 23.9 Å². The van der Waals surface area contributed by atoms with Crippen LogP contribution in [-0.2, 0) is 17.8 Å². The van der Waals surface area contributed by atoms with E-state index in [-0.39, 0.29) is 11.9 Å². The maximum Gasteiger partial charge on any atom is 0.233 e. The second kappa shape index (κ2) is 8.41. The van der Waals surface area contributed by atoms with Crippen molar-refractivity contribution in [1.29, 1.82) is 0 Å². The van der Waals surface area contributed by atoms with Crippen molar-refractivity contribution >= 4 is 40.3 Å². The van der Waals surface area contributed by atoms with Gasteiger partial charge in [-0.25, -0.2) is 0 Å². The summed E-state index contributed by atoms with van der Waals surface area (Å²) in [6.07, 6.45) is 2.54. The molecule has 0 N–H and O–H groups in total. The van der Waals surface area contributed by atoms with E-state index in [1.165, 1.54) is 27.1 Å². The third kappa shape index (κ3) is 3.51. The number of fused-ring (bicyclic) bond motifs is 1. The number of carbonyl (C=O) groups excluding carboxylic acids is 1. The number of aromatic nitrogens is 3. The van der Waals surface area contributed by atoms with Crippen molar-refractivity contribution < 1.29 is 9.21 Å². The number of hydrogen-bond donors (Lipinski definition) is 0. The average Bonchev–Trinajstić information content (AvgIpc) is 3.56. The monoisotopic (exact) mass is 456 g/mol. The molecule has 0 saturated heterocycles. The molecule has 0 fully saturated rings. The number of thiophene rings is 2. The molecule has 4 aromatic rings. The molecule has 6 nitrogen and oxygen atoms in total. The highest BCUT2D eigenvalue weighted by molar-refractivity contribution is 7.99. The van der Waals surface area contributed by atoms with Gasteiger partial charge in [0.15, 0.2) is 16.7 Å².